The Kier molecular flexibility index (Phi) is 3.71. The van der Waals surface area contributed by atoms with E-state index in [9.17, 15) is 8.42 Å². The first-order chi connectivity index (χ1) is 10.6. The molecule has 5 nitrogen and oxygen atoms in total. The van der Waals surface area contributed by atoms with Gasteiger partial charge in [0.2, 0.25) is 0 Å². The zero-order chi connectivity index (χ0) is 15.3. The van der Waals surface area contributed by atoms with Crippen molar-refractivity contribution in [1.82, 2.24) is 9.21 Å². The highest BCUT2D eigenvalue weighted by Gasteiger charge is 2.50. The number of rotatable bonds is 3. The first-order valence-electron chi connectivity index (χ1n) is 7.97. The molecule has 1 aromatic rings. The lowest BCUT2D eigenvalue weighted by Gasteiger charge is -2.33. The molecule has 0 amide bonds. The van der Waals surface area contributed by atoms with Gasteiger partial charge in [0.15, 0.2) is 4.21 Å². The SMILES string of the molecule is COc1ccsc1S(=O)(=O)N1CC2CN3CCCCC3C2C1. The molecule has 0 aliphatic carbocycles. The summed E-state index contributed by atoms with van der Waals surface area (Å²) in [4.78, 5) is 2.59. The van der Waals surface area contributed by atoms with Crippen LogP contribution in [0.4, 0.5) is 0 Å². The summed E-state index contributed by atoms with van der Waals surface area (Å²) in [5, 5.41) is 1.78. The van der Waals surface area contributed by atoms with Crippen LogP contribution in [0.3, 0.4) is 0 Å². The van der Waals surface area contributed by atoms with Gasteiger partial charge in [-0.05, 0) is 42.7 Å². The monoisotopic (exact) mass is 342 g/mol. The number of sulfonamides is 1. The lowest BCUT2D eigenvalue weighted by molar-refractivity contribution is 0.165. The van der Waals surface area contributed by atoms with Gasteiger partial charge in [-0.15, -0.1) is 11.3 Å². The fourth-order valence-corrected chi connectivity index (χ4v) is 7.40. The molecule has 1 aromatic heterocycles. The first kappa shape index (κ1) is 14.9. The second-order valence-corrected chi connectivity index (χ2v) is 9.63. The third-order valence-corrected chi connectivity index (χ3v) is 8.73. The zero-order valence-electron chi connectivity index (χ0n) is 12.8. The third kappa shape index (κ3) is 2.21. The van der Waals surface area contributed by atoms with Crippen LogP contribution < -0.4 is 4.74 Å². The Morgan fingerprint density at radius 2 is 2.14 bits per heavy atom. The molecule has 122 valence electrons. The van der Waals surface area contributed by atoms with Crippen molar-refractivity contribution in [3.8, 4) is 5.75 Å². The molecule has 0 aromatic carbocycles. The van der Waals surface area contributed by atoms with Crippen molar-refractivity contribution in [3.05, 3.63) is 11.4 Å². The van der Waals surface area contributed by atoms with Crippen molar-refractivity contribution in [1.29, 1.82) is 0 Å². The summed E-state index contributed by atoms with van der Waals surface area (Å²) < 4.78 is 33.1. The van der Waals surface area contributed by atoms with Crippen molar-refractivity contribution in [2.24, 2.45) is 11.8 Å². The van der Waals surface area contributed by atoms with Crippen LogP contribution in [0.5, 0.6) is 5.75 Å². The standard InChI is InChI=1S/C15H22N2O3S2/c1-20-14-5-7-21-15(14)22(18,19)17-9-11-8-16-6-3-2-4-13(16)12(11)10-17/h5,7,11-13H,2-4,6,8-10H2,1H3. The molecule has 3 fully saturated rings. The number of thiophene rings is 1. The van der Waals surface area contributed by atoms with Gasteiger partial charge in [-0.1, -0.05) is 6.42 Å². The molecule has 3 aliphatic heterocycles. The van der Waals surface area contributed by atoms with Crippen LogP contribution in [0.25, 0.3) is 0 Å². The van der Waals surface area contributed by atoms with E-state index in [1.54, 1.807) is 15.8 Å². The van der Waals surface area contributed by atoms with E-state index in [2.05, 4.69) is 4.90 Å². The van der Waals surface area contributed by atoms with Crippen LogP contribution in [-0.4, -0.2) is 57.0 Å². The summed E-state index contributed by atoms with van der Waals surface area (Å²) in [5.41, 5.74) is 0. The van der Waals surface area contributed by atoms with E-state index < -0.39 is 10.0 Å². The fourth-order valence-electron chi connectivity index (χ4n) is 4.45. The number of hydrogen-bond donors (Lipinski definition) is 0. The van der Waals surface area contributed by atoms with Gasteiger partial charge >= 0.3 is 0 Å². The Labute approximate surface area is 135 Å². The van der Waals surface area contributed by atoms with E-state index >= 15 is 0 Å². The molecule has 0 radical (unpaired) electrons. The van der Waals surface area contributed by atoms with Crippen molar-refractivity contribution >= 4 is 21.4 Å². The maximum absolute atomic E-state index is 12.9. The molecule has 22 heavy (non-hydrogen) atoms. The van der Waals surface area contributed by atoms with Gasteiger partial charge in [0.25, 0.3) is 10.0 Å². The maximum atomic E-state index is 12.9. The molecule has 7 heteroatoms. The molecule has 0 bridgehead atoms. The normalized spacial score (nSPS) is 32.9. The highest BCUT2D eigenvalue weighted by atomic mass is 32.2. The highest BCUT2D eigenvalue weighted by molar-refractivity contribution is 7.91. The van der Waals surface area contributed by atoms with Crippen molar-refractivity contribution in [2.75, 3.05) is 33.3 Å². The van der Waals surface area contributed by atoms with E-state index in [-0.39, 0.29) is 0 Å². The minimum Gasteiger partial charge on any atom is -0.494 e. The fraction of sp³-hybridized carbons (Fsp3) is 0.733. The van der Waals surface area contributed by atoms with Gasteiger partial charge in [0.1, 0.15) is 5.75 Å². The van der Waals surface area contributed by atoms with E-state index in [0.717, 1.165) is 6.54 Å². The summed E-state index contributed by atoms with van der Waals surface area (Å²) in [7, 11) is -1.88. The zero-order valence-corrected chi connectivity index (χ0v) is 14.4. The Morgan fingerprint density at radius 3 is 2.95 bits per heavy atom. The number of methoxy groups -OCH3 is 1. The molecule has 4 rings (SSSR count). The number of fused-ring (bicyclic) bond motifs is 3. The van der Waals surface area contributed by atoms with E-state index in [0.29, 0.717) is 40.9 Å². The molecule has 3 atom stereocenters. The Bertz CT molecular complexity index is 657. The predicted molar refractivity (Wildman–Crippen MR) is 85.8 cm³/mol. The molecule has 0 spiro atoms. The minimum atomic E-state index is -3.41. The van der Waals surface area contributed by atoms with Crippen LogP contribution in [0, 0.1) is 11.8 Å². The lowest BCUT2D eigenvalue weighted by Crippen LogP contribution is -2.40. The van der Waals surface area contributed by atoms with Crippen LogP contribution in [0.15, 0.2) is 15.7 Å². The van der Waals surface area contributed by atoms with Gasteiger partial charge in [-0.2, -0.15) is 4.31 Å². The van der Waals surface area contributed by atoms with Crippen LogP contribution in [-0.2, 0) is 10.0 Å². The van der Waals surface area contributed by atoms with Gasteiger partial charge < -0.3 is 4.74 Å². The number of hydrogen-bond acceptors (Lipinski definition) is 5. The Balaban J connectivity index is 1.56. The molecule has 3 aliphatic rings. The molecule has 0 N–H and O–H groups in total. The molecular weight excluding hydrogens is 320 g/mol. The molecule has 4 heterocycles. The quantitative estimate of drug-likeness (QED) is 0.841. The summed E-state index contributed by atoms with van der Waals surface area (Å²) in [5.74, 6) is 1.49. The van der Waals surface area contributed by atoms with Crippen LogP contribution in [0.2, 0.25) is 0 Å². The smallest absolute Gasteiger partial charge is 0.256 e. The lowest BCUT2D eigenvalue weighted by atomic mass is 9.90. The van der Waals surface area contributed by atoms with Crippen molar-refractivity contribution < 1.29 is 13.2 Å². The van der Waals surface area contributed by atoms with Gasteiger partial charge in [-0.3, -0.25) is 4.90 Å². The molecule has 3 unspecified atom stereocenters. The number of nitrogens with zero attached hydrogens (tertiary/aromatic N) is 2. The van der Waals surface area contributed by atoms with E-state index in [1.165, 1.54) is 44.3 Å². The van der Waals surface area contributed by atoms with Gasteiger partial charge in [0, 0.05) is 25.7 Å². The first-order valence-corrected chi connectivity index (χ1v) is 10.3. The molecular formula is C15H22N2O3S2. The number of ether oxygens (including phenoxy) is 1. The molecule has 0 saturated carbocycles. The minimum absolute atomic E-state index is 0.357. The topological polar surface area (TPSA) is 49.9 Å². The van der Waals surface area contributed by atoms with E-state index in [1.807, 2.05) is 0 Å². The summed E-state index contributed by atoms with van der Waals surface area (Å²) in [6.07, 6.45) is 3.82. The van der Waals surface area contributed by atoms with Gasteiger partial charge in [-0.25, -0.2) is 8.42 Å². The average Bonchev–Trinajstić information content (AvgIpc) is 3.20. The Morgan fingerprint density at radius 1 is 1.27 bits per heavy atom. The van der Waals surface area contributed by atoms with Crippen LogP contribution >= 0.6 is 11.3 Å². The number of piperidine rings is 1. The summed E-state index contributed by atoms with van der Waals surface area (Å²) >= 11 is 1.25. The summed E-state index contributed by atoms with van der Waals surface area (Å²) in [6, 6.07) is 2.33. The highest BCUT2D eigenvalue weighted by Crippen LogP contribution is 2.43. The maximum Gasteiger partial charge on any atom is 0.256 e. The van der Waals surface area contributed by atoms with Gasteiger partial charge in [0.05, 0.1) is 7.11 Å². The third-order valence-electron chi connectivity index (χ3n) is 5.48. The molecule has 3 saturated heterocycles. The largest absolute Gasteiger partial charge is 0.494 e. The second-order valence-electron chi connectivity index (χ2n) is 6.58. The van der Waals surface area contributed by atoms with Crippen molar-refractivity contribution in [3.63, 3.8) is 0 Å². The van der Waals surface area contributed by atoms with Crippen molar-refractivity contribution in [2.45, 2.75) is 29.5 Å². The summed E-state index contributed by atoms with van der Waals surface area (Å²) in [6.45, 7) is 3.61. The average molecular weight is 342 g/mol. The predicted octanol–water partition coefficient (Wildman–Crippen LogP) is 1.86. The Hall–Kier alpha value is -0.630. The van der Waals surface area contributed by atoms with Crippen LogP contribution in [0.1, 0.15) is 19.3 Å². The van der Waals surface area contributed by atoms with E-state index in [4.69, 9.17) is 4.74 Å². The second kappa shape index (κ2) is 5.47.